The van der Waals surface area contributed by atoms with Gasteiger partial charge >= 0.3 is 5.97 Å². The van der Waals surface area contributed by atoms with Crippen molar-refractivity contribution in [2.75, 3.05) is 5.32 Å². The van der Waals surface area contributed by atoms with Crippen molar-refractivity contribution in [3.63, 3.8) is 0 Å². The number of benzene rings is 1. The number of nitrogens with zero attached hydrogens (tertiary/aromatic N) is 1. The molecule has 4 nitrogen and oxygen atoms in total. The van der Waals surface area contributed by atoms with Gasteiger partial charge in [-0.25, -0.2) is 4.79 Å². The fourth-order valence-corrected chi connectivity index (χ4v) is 1.45. The number of aryl methyl sites for hydroxylation is 1. The standard InChI is InChI=1S/C13H14N2O2/c1-3-4-12(13(16)17)15-11-6-5-9(2)7-10(11)8-14/h3,5-7,12,15H,1,4H2,2H3,(H,16,17). The molecule has 2 N–H and O–H groups in total. The third-order valence-corrected chi connectivity index (χ3v) is 2.33. The number of hydrogen-bond acceptors (Lipinski definition) is 3. The number of anilines is 1. The fourth-order valence-electron chi connectivity index (χ4n) is 1.45. The van der Waals surface area contributed by atoms with Gasteiger partial charge in [-0.15, -0.1) is 6.58 Å². The number of carboxylic acid groups (broad SMARTS) is 1. The minimum atomic E-state index is -0.964. The zero-order valence-electron chi connectivity index (χ0n) is 9.60. The van der Waals surface area contributed by atoms with E-state index >= 15 is 0 Å². The van der Waals surface area contributed by atoms with Crippen LogP contribution < -0.4 is 5.32 Å². The highest BCUT2D eigenvalue weighted by molar-refractivity contribution is 5.78. The number of nitriles is 1. The summed E-state index contributed by atoms with van der Waals surface area (Å²) in [6.07, 6.45) is 1.83. The van der Waals surface area contributed by atoms with Gasteiger partial charge in [0.1, 0.15) is 12.1 Å². The molecule has 1 unspecified atom stereocenters. The maximum Gasteiger partial charge on any atom is 0.326 e. The first-order valence-corrected chi connectivity index (χ1v) is 5.19. The molecule has 0 aliphatic carbocycles. The number of aliphatic carboxylic acids is 1. The van der Waals surface area contributed by atoms with Gasteiger partial charge in [-0.05, 0) is 31.0 Å². The molecule has 88 valence electrons. The zero-order chi connectivity index (χ0) is 12.8. The quantitative estimate of drug-likeness (QED) is 0.761. The van der Waals surface area contributed by atoms with Crippen LogP contribution in [0, 0.1) is 18.3 Å². The topological polar surface area (TPSA) is 73.1 Å². The molecule has 0 saturated heterocycles. The summed E-state index contributed by atoms with van der Waals surface area (Å²) in [5.41, 5.74) is 1.94. The first-order chi connectivity index (χ1) is 8.08. The molecule has 17 heavy (non-hydrogen) atoms. The van der Waals surface area contributed by atoms with Gasteiger partial charge in [-0.1, -0.05) is 12.1 Å². The molecule has 0 aliphatic rings. The van der Waals surface area contributed by atoms with E-state index in [1.807, 2.05) is 19.1 Å². The van der Waals surface area contributed by atoms with E-state index in [-0.39, 0.29) is 0 Å². The minimum absolute atomic E-state index is 0.300. The van der Waals surface area contributed by atoms with Crippen LogP contribution in [0.2, 0.25) is 0 Å². The summed E-state index contributed by atoms with van der Waals surface area (Å²) in [6.45, 7) is 5.39. The number of carbonyl (C=O) groups is 1. The molecule has 0 aliphatic heterocycles. The highest BCUT2D eigenvalue weighted by atomic mass is 16.4. The molecule has 0 amide bonds. The van der Waals surface area contributed by atoms with Crippen molar-refractivity contribution in [1.82, 2.24) is 0 Å². The molecule has 0 heterocycles. The molecule has 0 fully saturated rings. The van der Waals surface area contributed by atoms with Crippen molar-refractivity contribution >= 4 is 11.7 Å². The molecule has 1 atom stereocenters. The van der Waals surface area contributed by atoms with Crippen LogP contribution in [0.1, 0.15) is 17.5 Å². The lowest BCUT2D eigenvalue weighted by Crippen LogP contribution is -2.28. The SMILES string of the molecule is C=CCC(Nc1ccc(C)cc1C#N)C(=O)O. The van der Waals surface area contributed by atoms with Crippen molar-refractivity contribution in [1.29, 1.82) is 5.26 Å². The van der Waals surface area contributed by atoms with E-state index in [2.05, 4.69) is 11.9 Å². The van der Waals surface area contributed by atoms with E-state index in [1.54, 1.807) is 12.1 Å². The molecule has 0 radical (unpaired) electrons. The Hall–Kier alpha value is -2.28. The van der Waals surface area contributed by atoms with Crippen LogP contribution in [0.15, 0.2) is 30.9 Å². The predicted octanol–water partition coefficient (Wildman–Crippen LogP) is 2.31. The lowest BCUT2D eigenvalue weighted by atomic mass is 10.1. The maximum absolute atomic E-state index is 11.0. The largest absolute Gasteiger partial charge is 0.480 e. The average Bonchev–Trinajstić information content (AvgIpc) is 2.30. The van der Waals surface area contributed by atoms with Gasteiger partial charge in [0.2, 0.25) is 0 Å². The summed E-state index contributed by atoms with van der Waals surface area (Å²) < 4.78 is 0. The van der Waals surface area contributed by atoms with Crippen LogP contribution in [0.25, 0.3) is 0 Å². The highest BCUT2D eigenvalue weighted by Crippen LogP contribution is 2.18. The van der Waals surface area contributed by atoms with Gasteiger partial charge in [-0.3, -0.25) is 0 Å². The first-order valence-electron chi connectivity index (χ1n) is 5.19. The minimum Gasteiger partial charge on any atom is -0.480 e. The normalized spacial score (nSPS) is 11.3. The molecule has 1 aromatic rings. The van der Waals surface area contributed by atoms with Crippen molar-refractivity contribution in [2.24, 2.45) is 0 Å². The second kappa shape index (κ2) is 5.71. The zero-order valence-corrected chi connectivity index (χ0v) is 9.60. The molecule has 1 aromatic carbocycles. The fraction of sp³-hybridized carbons (Fsp3) is 0.231. The summed E-state index contributed by atoms with van der Waals surface area (Å²) in [4.78, 5) is 11.0. The average molecular weight is 230 g/mol. The predicted molar refractivity (Wildman–Crippen MR) is 65.8 cm³/mol. The third kappa shape index (κ3) is 3.35. The van der Waals surface area contributed by atoms with Gasteiger partial charge < -0.3 is 10.4 Å². The van der Waals surface area contributed by atoms with Gasteiger partial charge in [0.25, 0.3) is 0 Å². The lowest BCUT2D eigenvalue weighted by Gasteiger charge is -2.15. The number of hydrogen-bond donors (Lipinski definition) is 2. The lowest BCUT2D eigenvalue weighted by molar-refractivity contribution is -0.137. The summed E-state index contributed by atoms with van der Waals surface area (Å²) in [6, 6.07) is 6.54. The van der Waals surface area contributed by atoms with E-state index in [0.29, 0.717) is 17.7 Å². The van der Waals surface area contributed by atoms with Gasteiger partial charge in [-0.2, -0.15) is 5.26 Å². The third-order valence-electron chi connectivity index (χ3n) is 2.33. The Balaban J connectivity index is 2.97. The van der Waals surface area contributed by atoms with Crippen molar-refractivity contribution < 1.29 is 9.90 Å². The summed E-state index contributed by atoms with van der Waals surface area (Å²) in [7, 11) is 0. The van der Waals surface area contributed by atoms with Crippen LogP contribution in [-0.4, -0.2) is 17.1 Å². The molecule has 0 saturated carbocycles. The maximum atomic E-state index is 11.0. The van der Waals surface area contributed by atoms with E-state index < -0.39 is 12.0 Å². The Morgan fingerprint density at radius 1 is 1.71 bits per heavy atom. The van der Waals surface area contributed by atoms with Gasteiger partial charge in [0, 0.05) is 0 Å². The second-order valence-corrected chi connectivity index (χ2v) is 3.72. The molecular weight excluding hydrogens is 216 g/mol. The van der Waals surface area contributed by atoms with Crippen LogP contribution in [-0.2, 0) is 4.79 Å². The monoisotopic (exact) mass is 230 g/mol. The van der Waals surface area contributed by atoms with E-state index in [4.69, 9.17) is 10.4 Å². The highest BCUT2D eigenvalue weighted by Gasteiger charge is 2.16. The Kier molecular flexibility index (Phi) is 4.29. The van der Waals surface area contributed by atoms with Crippen molar-refractivity contribution in [3.05, 3.63) is 42.0 Å². The second-order valence-electron chi connectivity index (χ2n) is 3.72. The van der Waals surface area contributed by atoms with Crippen molar-refractivity contribution in [3.8, 4) is 6.07 Å². The number of nitrogens with one attached hydrogen (secondary N) is 1. The molecular formula is C13H14N2O2. The van der Waals surface area contributed by atoms with Gasteiger partial charge in [0.05, 0.1) is 11.3 Å². The molecule has 0 aromatic heterocycles. The van der Waals surface area contributed by atoms with Crippen LogP contribution >= 0.6 is 0 Å². The Labute approximate surface area is 100 Å². The summed E-state index contributed by atoms with van der Waals surface area (Å²) in [5.74, 6) is -0.964. The van der Waals surface area contributed by atoms with E-state index in [9.17, 15) is 4.79 Å². The van der Waals surface area contributed by atoms with Gasteiger partial charge in [0.15, 0.2) is 0 Å². The summed E-state index contributed by atoms with van der Waals surface area (Å²) in [5, 5.41) is 20.8. The first kappa shape index (κ1) is 12.8. The Morgan fingerprint density at radius 3 is 2.94 bits per heavy atom. The number of rotatable bonds is 5. The molecule has 4 heteroatoms. The Morgan fingerprint density at radius 2 is 2.41 bits per heavy atom. The van der Waals surface area contributed by atoms with Crippen LogP contribution in [0.5, 0.6) is 0 Å². The van der Waals surface area contributed by atoms with E-state index in [1.165, 1.54) is 6.08 Å². The number of carboxylic acids is 1. The summed E-state index contributed by atoms with van der Waals surface area (Å²) >= 11 is 0. The van der Waals surface area contributed by atoms with Crippen LogP contribution in [0.3, 0.4) is 0 Å². The molecule has 0 bridgehead atoms. The van der Waals surface area contributed by atoms with Crippen LogP contribution in [0.4, 0.5) is 5.69 Å². The smallest absolute Gasteiger partial charge is 0.326 e. The van der Waals surface area contributed by atoms with E-state index in [0.717, 1.165) is 5.56 Å². The molecule has 0 spiro atoms. The molecule has 1 rings (SSSR count). The van der Waals surface area contributed by atoms with Crippen molar-refractivity contribution in [2.45, 2.75) is 19.4 Å². The Bertz CT molecular complexity index is 475.